The lowest BCUT2D eigenvalue weighted by atomic mass is 10.1. The van der Waals surface area contributed by atoms with E-state index in [1.54, 1.807) is 0 Å². The van der Waals surface area contributed by atoms with Crippen molar-refractivity contribution >= 4 is 5.91 Å². The first-order chi connectivity index (χ1) is 6.42. The lowest BCUT2D eigenvalue weighted by Gasteiger charge is -2.20. The maximum atomic E-state index is 11.4. The van der Waals surface area contributed by atoms with E-state index in [1.807, 2.05) is 20.8 Å². The number of nitrogens with one attached hydrogen (secondary N) is 2. The van der Waals surface area contributed by atoms with Crippen LogP contribution in [0.2, 0.25) is 0 Å². The normalized spacial score (nSPS) is 26.0. The van der Waals surface area contributed by atoms with E-state index in [0.29, 0.717) is 12.6 Å². The van der Waals surface area contributed by atoms with Gasteiger partial charge in [0, 0.05) is 11.6 Å². The highest BCUT2D eigenvalue weighted by Gasteiger charge is 2.34. The monoisotopic (exact) mass is 198 g/mol. The molecule has 1 aliphatic carbocycles. The minimum Gasteiger partial charge on any atom is -0.350 e. The Kier molecular flexibility index (Phi) is 3.53. The van der Waals surface area contributed by atoms with Crippen molar-refractivity contribution < 1.29 is 4.79 Å². The highest BCUT2D eigenvalue weighted by atomic mass is 16.2. The average molecular weight is 198 g/mol. The molecule has 2 N–H and O–H groups in total. The first kappa shape index (κ1) is 11.5. The third-order valence-corrected chi connectivity index (χ3v) is 2.49. The molecule has 0 spiro atoms. The van der Waals surface area contributed by atoms with Crippen molar-refractivity contribution in [1.29, 1.82) is 0 Å². The Labute approximate surface area is 86.6 Å². The molecule has 0 aromatic heterocycles. The fourth-order valence-corrected chi connectivity index (χ4v) is 1.64. The van der Waals surface area contributed by atoms with Gasteiger partial charge < -0.3 is 10.6 Å². The molecule has 1 aliphatic rings. The summed E-state index contributed by atoms with van der Waals surface area (Å²) in [6.45, 7) is 8.64. The average Bonchev–Trinajstić information content (AvgIpc) is 2.76. The highest BCUT2D eigenvalue weighted by molar-refractivity contribution is 5.78. The number of hydrogen-bond donors (Lipinski definition) is 2. The highest BCUT2D eigenvalue weighted by Crippen LogP contribution is 2.32. The van der Waals surface area contributed by atoms with Crippen LogP contribution in [0.1, 0.15) is 40.5 Å². The molecular formula is C11H22N2O. The lowest BCUT2D eigenvalue weighted by molar-refractivity contribution is -0.121. The molecule has 14 heavy (non-hydrogen) atoms. The summed E-state index contributed by atoms with van der Waals surface area (Å²) in [5.41, 5.74) is -0.119. The molecule has 1 saturated carbocycles. The molecule has 0 aromatic carbocycles. The van der Waals surface area contributed by atoms with Crippen molar-refractivity contribution in [2.75, 3.05) is 6.54 Å². The second kappa shape index (κ2) is 4.30. The fraction of sp³-hybridized carbons (Fsp3) is 0.909. The Morgan fingerprint density at radius 1 is 1.43 bits per heavy atom. The van der Waals surface area contributed by atoms with Crippen LogP contribution in [0.5, 0.6) is 0 Å². The van der Waals surface area contributed by atoms with E-state index in [9.17, 15) is 4.79 Å². The Morgan fingerprint density at radius 3 is 2.50 bits per heavy atom. The summed E-state index contributed by atoms with van der Waals surface area (Å²) in [7, 11) is 0. The molecule has 0 saturated heterocycles. The summed E-state index contributed by atoms with van der Waals surface area (Å²) in [5, 5.41) is 6.20. The zero-order valence-electron chi connectivity index (χ0n) is 9.68. The molecule has 0 aliphatic heterocycles. The molecule has 1 fully saturated rings. The van der Waals surface area contributed by atoms with Gasteiger partial charge >= 0.3 is 0 Å². The van der Waals surface area contributed by atoms with E-state index in [0.717, 1.165) is 5.92 Å². The van der Waals surface area contributed by atoms with Crippen molar-refractivity contribution in [3.8, 4) is 0 Å². The van der Waals surface area contributed by atoms with Gasteiger partial charge in [0.05, 0.1) is 6.54 Å². The van der Waals surface area contributed by atoms with Crippen molar-refractivity contribution in [1.82, 2.24) is 10.6 Å². The molecule has 2 unspecified atom stereocenters. The van der Waals surface area contributed by atoms with Crippen LogP contribution in [0.3, 0.4) is 0 Å². The van der Waals surface area contributed by atoms with Crippen LogP contribution >= 0.6 is 0 Å². The van der Waals surface area contributed by atoms with Crippen LogP contribution in [-0.4, -0.2) is 24.0 Å². The molecule has 1 amide bonds. The zero-order chi connectivity index (χ0) is 10.8. The quantitative estimate of drug-likeness (QED) is 0.714. The summed E-state index contributed by atoms with van der Waals surface area (Å²) < 4.78 is 0. The van der Waals surface area contributed by atoms with Crippen LogP contribution in [0.15, 0.2) is 0 Å². The Hall–Kier alpha value is -0.570. The minimum absolute atomic E-state index is 0.0965. The summed E-state index contributed by atoms with van der Waals surface area (Å²) in [6, 6.07) is 0.589. The SMILES string of the molecule is CCC1CC1NCC(=O)NC(C)(C)C. The van der Waals surface area contributed by atoms with Crippen molar-refractivity contribution in [3.05, 3.63) is 0 Å². The predicted molar refractivity (Wildman–Crippen MR) is 58.1 cm³/mol. The minimum atomic E-state index is -0.119. The third-order valence-electron chi connectivity index (χ3n) is 2.49. The van der Waals surface area contributed by atoms with Gasteiger partial charge in [0.15, 0.2) is 0 Å². The molecule has 3 heteroatoms. The second-order valence-electron chi connectivity index (χ2n) is 5.19. The number of carbonyl (C=O) groups is 1. The van der Waals surface area contributed by atoms with E-state index in [4.69, 9.17) is 0 Å². The van der Waals surface area contributed by atoms with Gasteiger partial charge in [-0.2, -0.15) is 0 Å². The van der Waals surface area contributed by atoms with Gasteiger partial charge in [-0.3, -0.25) is 4.79 Å². The summed E-state index contributed by atoms with van der Waals surface area (Å²) in [6.07, 6.45) is 2.46. The van der Waals surface area contributed by atoms with Crippen molar-refractivity contribution in [2.24, 2.45) is 5.92 Å². The molecule has 0 aromatic rings. The molecule has 0 heterocycles. The molecule has 3 nitrogen and oxygen atoms in total. The van der Waals surface area contributed by atoms with Gasteiger partial charge in [-0.1, -0.05) is 13.3 Å². The standard InChI is InChI=1S/C11H22N2O/c1-5-8-6-9(8)12-7-10(14)13-11(2,3)4/h8-9,12H,5-7H2,1-4H3,(H,13,14). The van der Waals surface area contributed by atoms with Crippen LogP contribution in [0.25, 0.3) is 0 Å². The predicted octanol–water partition coefficient (Wildman–Crippen LogP) is 1.29. The van der Waals surface area contributed by atoms with Gasteiger partial charge in [0.2, 0.25) is 5.91 Å². The number of amides is 1. The first-order valence-corrected chi connectivity index (χ1v) is 5.47. The van der Waals surface area contributed by atoms with Gasteiger partial charge in [-0.05, 0) is 33.1 Å². The van der Waals surface area contributed by atoms with Crippen LogP contribution in [-0.2, 0) is 4.79 Å². The first-order valence-electron chi connectivity index (χ1n) is 5.47. The van der Waals surface area contributed by atoms with E-state index < -0.39 is 0 Å². The largest absolute Gasteiger partial charge is 0.350 e. The van der Waals surface area contributed by atoms with E-state index in [-0.39, 0.29) is 11.4 Å². The van der Waals surface area contributed by atoms with Gasteiger partial charge in [-0.25, -0.2) is 0 Å². The van der Waals surface area contributed by atoms with Crippen LogP contribution in [0.4, 0.5) is 0 Å². The lowest BCUT2D eigenvalue weighted by Crippen LogP contribution is -2.45. The van der Waals surface area contributed by atoms with Crippen molar-refractivity contribution in [2.45, 2.75) is 52.1 Å². The van der Waals surface area contributed by atoms with E-state index in [1.165, 1.54) is 12.8 Å². The second-order valence-corrected chi connectivity index (χ2v) is 5.19. The zero-order valence-corrected chi connectivity index (χ0v) is 9.68. The van der Waals surface area contributed by atoms with Crippen LogP contribution < -0.4 is 10.6 Å². The summed E-state index contributed by atoms with van der Waals surface area (Å²) in [4.78, 5) is 11.4. The number of carbonyl (C=O) groups excluding carboxylic acids is 1. The number of rotatable bonds is 4. The smallest absolute Gasteiger partial charge is 0.234 e. The molecule has 82 valence electrons. The van der Waals surface area contributed by atoms with Crippen LogP contribution in [0, 0.1) is 5.92 Å². The Morgan fingerprint density at radius 2 is 2.07 bits per heavy atom. The summed E-state index contributed by atoms with van der Waals surface area (Å²) >= 11 is 0. The molecule has 1 rings (SSSR count). The topological polar surface area (TPSA) is 41.1 Å². The molecule has 0 radical (unpaired) electrons. The maximum Gasteiger partial charge on any atom is 0.234 e. The summed E-state index contributed by atoms with van der Waals surface area (Å²) in [5.74, 6) is 0.900. The Bertz CT molecular complexity index is 208. The molecule has 0 bridgehead atoms. The van der Waals surface area contributed by atoms with Crippen molar-refractivity contribution in [3.63, 3.8) is 0 Å². The third kappa shape index (κ3) is 4.09. The molecule has 2 atom stereocenters. The molecular weight excluding hydrogens is 176 g/mol. The van der Waals surface area contributed by atoms with Gasteiger partial charge in [0.25, 0.3) is 0 Å². The van der Waals surface area contributed by atoms with E-state index in [2.05, 4.69) is 17.6 Å². The van der Waals surface area contributed by atoms with E-state index >= 15 is 0 Å². The maximum absolute atomic E-state index is 11.4. The fourth-order valence-electron chi connectivity index (χ4n) is 1.64. The van der Waals surface area contributed by atoms with Gasteiger partial charge in [-0.15, -0.1) is 0 Å². The van der Waals surface area contributed by atoms with Gasteiger partial charge in [0.1, 0.15) is 0 Å². The Balaban J connectivity index is 2.10. The number of hydrogen-bond acceptors (Lipinski definition) is 2.